The Morgan fingerprint density at radius 1 is 1.10 bits per heavy atom. The van der Waals surface area contributed by atoms with Crippen molar-refractivity contribution < 1.29 is 9.59 Å². The number of rotatable bonds is 5. The minimum Gasteiger partial charge on any atom is -0.350 e. The predicted octanol–water partition coefficient (Wildman–Crippen LogP) is 2.80. The highest BCUT2D eigenvalue weighted by molar-refractivity contribution is 6.31. The van der Waals surface area contributed by atoms with Crippen LogP contribution in [0.3, 0.4) is 0 Å². The number of nitrogens with one attached hydrogen (secondary N) is 1. The maximum Gasteiger partial charge on any atom is 0.278 e. The van der Waals surface area contributed by atoms with Gasteiger partial charge in [-0.3, -0.25) is 14.4 Å². The Hall–Kier alpha value is -3.45. The number of anilines is 1. The van der Waals surface area contributed by atoms with E-state index in [1.165, 1.54) is 12.1 Å². The summed E-state index contributed by atoms with van der Waals surface area (Å²) in [4.78, 5) is 39.4. The molecule has 158 valence electrons. The molecule has 0 saturated carbocycles. The molecule has 7 nitrogen and oxygen atoms in total. The van der Waals surface area contributed by atoms with E-state index in [-0.39, 0.29) is 30.7 Å². The van der Waals surface area contributed by atoms with Crippen LogP contribution < -0.4 is 15.8 Å². The number of amides is 2. The molecule has 0 aliphatic carbocycles. The van der Waals surface area contributed by atoms with E-state index in [9.17, 15) is 14.4 Å². The Balaban J connectivity index is 1.50. The molecule has 0 saturated heterocycles. The quantitative estimate of drug-likeness (QED) is 0.666. The molecular formula is C23H21ClN4O3. The van der Waals surface area contributed by atoms with Gasteiger partial charge in [-0.2, -0.15) is 5.10 Å². The van der Waals surface area contributed by atoms with Crippen molar-refractivity contribution in [1.82, 2.24) is 15.1 Å². The molecule has 31 heavy (non-hydrogen) atoms. The lowest BCUT2D eigenvalue weighted by Gasteiger charge is -2.22. The highest BCUT2D eigenvalue weighted by Gasteiger charge is 2.32. The summed E-state index contributed by atoms with van der Waals surface area (Å²) in [5.74, 6) is -0.707. The van der Waals surface area contributed by atoms with Crippen LogP contribution in [0, 0.1) is 0 Å². The van der Waals surface area contributed by atoms with Gasteiger partial charge in [0.15, 0.2) is 0 Å². The van der Waals surface area contributed by atoms with Gasteiger partial charge in [0, 0.05) is 29.4 Å². The molecule has 0 fully saturated rings. The molecule has 1 aromatic heterocycles. The van der Waals surface area contributed by atoms with Crippen LogP contribution in [0.5, 0.6) is 0 Å². The van der Waals surface area contributed by atoms with Crippen LogP contribution in [0.4, 0.5) is 5.69 Å². The van der Waals surface area contributed by atoms with E-state index in [4.69, 9.17) is 11.6 Å². The first kappa shape index (κ1) is 20.8. The smallest absolute Gasteiger partial charge is 0.278 e. The minimum atomic E-state index is -0.459. The fourth-order valence-corrected chi connectivity index (χ4v) is 3.90. The molecule has 1 aliphatic rings. The third-order valence-corrected chi connectivity index (χ3v) is 5.61. The fourth-order valence-electron chi connectivity index (χ4n) is 3.70. The van der Waals surface area contributed by atoms with E-state index < -0.39 is 11.5 Å². The number of aromatic nitrogens is 2. The second kappa shape index (κ2) is 8.73. The van der Waals surface area contributed by atoms with Crippen molar-refractivity contribution in [3.63, 3.8) is 0 Å². The molecule has 1 aliphatic heterocycles. The van der Waals surface area contributed by atoms with Crippen LogP contribution in [-0.2, 0) is 24.3 Å². The van der Waals surface area contributed by atoms with Gasteiger partial charge in [-0.05, 0) is 42.7 Å². The van der Waals surface area contributed by atoms with Gasteiger partial charge in [0.25, 0.3) is 11.5 Å². The van der Waals surface area contributed by atoms with E-state index in [1.807, 2.05) is 37.3 Å². The van der Waals surface area contributed by atoms with E-state index in [0.717, 1.165) is 27.9 Å². The first-order valence-corrected chi connectivity index (χ1v) is 10.3. The Labute approximate surface area is 184 Å². The first-order valence-electron chi connectivity index (χ1n) is 9.94. The zero-order valence-electron chi connectivity index (χ0n) is 16.9. The molecule has 1 unspecified atom stereocenters. The molecule has 2 aromatic carbocycles. The third-order valence-electron chi connectivity index (χ3n) is 5.24. The number of benzene rings is 2. The molecule has 2 amide bonds. The second-order valence-electron chi connectivity index (χ2n) is 7.44. The van der Waals surface area contributed by atoms with Gasteiger partial charge in [-0.15, -0.1) is 0 Å². The average molecular weight is 437 g/mol. The predicted molar refractivity (Wildman–Crippen MR) is 118 cm³/mol. The van der Waals surface area contributed by atoms with Crippen molar-refractivity contribution in [3.8, 4) is 0 Å². The van der Waals surface area contributed by atoms with E-state index in [1.54, 1.807) is 23.1 Å². The number of para-hydroxylation sites is 1. The summed E-state index contributed by atoms with van der Waals surface area (Å²) in [5, 5.41) is 7.43. The standard InChI is InChI=1S/C23H21ClN4O3/c1-15-12-16-6-3-5-9-20(16)28(15)23(31)19-10-11-22(30)27(26-19)14-21(29)25-13-17-7-2-4-8-18(17)24/h2-11,15H,12-14H2,1H3,(H,25,29). The van der Waals surface area contributed by atoms with Gasteiger partial charge in [-0.1, -0.05) is 48.0 Å². The summed E-state index contributed by atoms with van der Waals surface area (Å²) in [6.07, 6.45) is 0.756. The van der Waals surface area contributed by atoms with Crippen molar-refractivity contribution in [3.05, 3.63) is 92.9 Å². The van der Waals surface area contributed by atoms with Crippen molar-refractivity contribution >= 4 is 29.1 Å². The van der Waals surface area contributed by atoms with Crippen molar-refractivity contribution in [2.45, 2.75) is 32.5 Å². The highest BCUT2D eigenvalue weighted by Crippen LogP contribution is 2.32. The summed E-state index contributed by atoms with van der Waals surface area (Å²) >= 11 is 6.10. The van der Waals surface area contributed by atoms with Crippen LogP contribution in [0.25, 0.3) is 0 Å². The maximum absolute atomic E-state index is 13.2. The number of fused-ring (bicyclic) bond motifs is 1. The van der Waals surface area contributed by atoms with Crippen molar-refractivity contribution in [2.24, 2.45) is 0 Å². The van der Waals surface area contributed by atoms with Gasteiger partial charge in [0.2, 0.25) is 5.91 Å². The number of carbonyl (C=O) groups excluding carboxylic acids is 2. The Morgan fingerprint density at radius 3 is 2.65 bits per heavy atom. The van der Waals surface area contributed by atoms with Crippen LogP contribution in [0.15, 0.2) is 65.5 Å². The van der Waals surface area contributed by atoms with Gasteiger partial charge in [-0.25, -0.2) is 4.68 Å². The van der Waals surface area contributed by atoms with Gasteiger partial charge in [0.05, 0.1) is 0 Å². The molecule has 3 aromatic rings. The van der Waals surface area contributed by atoms with Gasteiger partial charge >= 0.3 is 0 Å². The van der Waals surface area contributed by atoms with Gasteiger partial charge in [0.1, 0.15) is 12.2 Å². The summed E-state index contributed by atoms with van der Waals surface area (Å²) in [6.45, 7) is 1.90. The molecular weight excluding hydrogens is 416 g/mol. The molecule has 8 heteroatoms. The topological polar surface area (TPSA) is 84.3 Å². The van der Waals surface area contributed by atoms with Gasteiger partial charge < -0.3 is 10.2 Å². The number of hydrogen-bond donors (Lipinski definition) is 1. The molecule has 0 spiro atoms. The highest BCUT2D eigenvalue weighted by atomic mass is 35.5. The van der Waals surface area contributed by atoms with Crippen LogP contribution in [-0.4, -0.2) is 27.6 Å². The molecule has 1 N–H and O–H groups in total. The van der Waals surface area contributed by atoms with Crippen LogP contribution in [0.1, 0.15) is 28.5 Å². The Morgan fingerprint density at radius 2 is 1.84 bits per heavy atom. The number of halogens is 1. The molecule has 1 atom stereocenters. The second-order valence-corrected chi connectivity index (χ2v) is 7.85. The molecule has 0 bridgehead atoms. The average Bonchev–Trinajstić information content (AvgIpc) is 3.10. The lowest BCUT2D eigenvalue weighted by Crippen LogP contribution is -2.39. The van der Waals surface area contributed by atoms with Crippen molar-refractivity contribution in [1.29, 1.82) is 0 Å². The lowest BCUT2D eigenvalue weighted by atomic mass is 10.1. The SMILES string of the molecule is CC1Cc2ccccc2N1C(=O)c1ccc(=O)n(CC(=O)NCc2ccccc2Cl)n1. The van der Waals surface area contributed by atoms with E-state index in [0.29, 0.717) is 5.02 Å². The summed E-state index contributed by atoms with van der Waals surface area (Å²) < 4.78 is 1.00. The van der Waals surface area contributed by atoms with Crippen LogP contribution in [0.2, 0.25) is 5.02 Å². The zero-order chi connectivity index (χ0) is 22.0. The Kier molecular flexibility index (Phi) is 5.86. The minimum absolute atomic E-state index is 0.0222. The first-order chi connectivity index (χ1) is 14.9. The molecule has 0 radical (unpaired) electrons. The monoisotopic (exact) mass is 436 g/mol. The molecule has 4 rings (SSSR count). The number of carbonyl (C=O) groups is 2. The van der Waals surface area contributed by atoms with Crippen molar-refractivity contribution in [2.75, 3.05) is 4.90 Å². The summed E-state index contributed by atoms with van der Waals surface area (Å²) in [7, 11) is 0. The molecule has 2 heterocycles. The maximum atomic E-state index is 13.2. The number of nitrogens with zero attached hydrogens (tertiary/aromatic N) is 3. The number of hydrogen-bond acceptors (Lipinski definition) is 4. The van der Waals surface area contributed by atoms with E-state index >= 15 is 0 Å². The Bertz CT molecular complexity index is 1210. The van der Waals surface area contributed by atoms with Crippen LogP contribution >= 0.6 is 11.6 Å². The fraction of sp³-hybridized carbons (Fsp3) is 0.217. The lowest BCUT2D eigenvalue weighted by molar-refractivity contribution is -0.122. The normalized spacial score (nSPS) is 14.9. The summed E-state index contributed by atoms with van der Waals surface area (Å²) in [5.41, 5.74) is 2.36. The third kappa shape index (κ3) is 4.36. The summed E-state index contributed by atoms with van der Waals surface area (Å²) in [6, 6.07) is 17.5. The zero-order valence-corrected chi connectivity index (χ0v) is 17.7. The van der Waals surface area contributed by atoms with E-state index in [2.05, 4.69) is 10.4 Å². The largest absolute Gasteiger partial charge is 0.350 e.